The van der Waals surface area contributed by atoms with E-state index in [1.807, 2.05) is 30.5 Å². The minimum absolute atomic E-state index is 0.0855. The third-order valence-corrected chi connectivity index (χ3v) is 6.55. The fourth-order valence-electron chi connectivity index (χ4n) is 3.55. The molecule has 1 aliphatic rings. The lowest BCUT2D eigenvalue weighted by Gasteiger charge is -2.39. The fraction of sp³-hybridized carbons (Fsp3) is 0.238. The van der Waals surface area contributed by atoms with Gasteiger partial charge in [0, 0.05) is 27.9 Å². The number of rotatable bonds is 3. The molecule has 144 valence electrons. The molecule has 0 spiro atoms. The number of guanidine groups is 1. The summed E-state index contributed by atoms with van der Waals surface area (Å²) in [5.41, 5.74) is 2.15. The summed E-state index contributed by atoms with van der Waals surface area (Å²) in [6.07, 6.45) is 0.271. The fourth-order valence-corrected chi connectivity index (χ4v) is 4.68. The lowest BCUT2D eigenvalue weighted by molar-refractivity contribution is -0.129. The van der Waals surface area contributed by atoms with Crippen LogP contribution in [0.3, 0.4) is 0 Å². The largest absolute Gasteiger partial charge is 0.497 e. The van der Waals surface area contributed by atoms with Gasteiger partial charge in [0.1, 0.15) is 5.75 Å². The van der Waals surface area contributed by atoms with E-state index in [1.54, 1.807) is 25.5 Å². The van der Waals surface area contributed by atoms with Crippen molar-refractivity contribution in [1.82, 2.24) is 10.2 Å². The number of nitrogens with zero attached hydrogens (tertiary/aromatic N) is 1. The minimum Gasteiger partial charge on any atom is -0.497 e. The number of methoxy groups -OCH3 is 1. The van der Waals surface area contributed by atoms with Crippen molar-refractivity contribution in [3.8, 4) is 16.9 Å². The molecule has 7 heteroatoms. The van der Waals surface area contributed by atoms with Crippen molar-refractivity contribution in [2.75, 3.05) is 14.2 Å². The predicted octanol–water partition coefficient (Wildman–Crippen LogP) is 4.83. The highest BCUT2D eigenvalue weighted by atomic mass is 35.5. The van der Waals surface area contributed by atoms with Gasteiger partial charge in [-0.1, -0.05) is 11.6 Å². The summed E-state index contributed by atoms with van der Waals surface area (Å²) < 4.78 is 6.51. The molecule has 1 atom stereocenters. The van der Waals surface area contributed by atoms with Crippen LogP contribution in [0.4, 0.5) is 0 Å². The van der Waals surface area contributed by atoms with E-state index < -0.39 is 5.54 Å². The average molecular weight is 414 g/mol. The van der Waals surface area contributed by atoms with Gasteiger partial charge in [-0.05, 0) is 59.7 Å². The standard InChI is InChI=1S/C21H20ClN3O2S/c1-21(11-18(26)25(2)20(23)24-21)13-8-12-6-7-28-19(12)16(9-13)15-10-14(27-3)4-5-17(15)22/h4-10H,11H2,1-3H3,(H2,23,24)/t21-/m0/s1. The summed E-state index contributed by atoms with van der Waals surface area (Å²) in [7, 11) is 3.24. The first-order valence-corrected chi connectivity index (χ1v) is 10.1. The number of amides is 1. The Morgan fingerprint density at radius 3 is 2.75 bits per heavy atom. The third kappa shape index (κ3) is 3.02. The molecule has 1 amide bonds. The van der Waals surface area contributed by atoms with E-state index in [0.29, 0.717) is 5.02 Å². The molecule has 1 aliphatic heterocycles. The molecule has 2 N–H and O–H groups in total. The molecule has 2 aromatic carbocycles. The Morgan fingerprint density at radius 2 is 2.04 bits per heavy atom. The monoisotopic (exact) mass is 413 g/mol. The Hall–Kier alpha value is -2.57. The maximum atomic E-state index is 12.4. The molecule has 5 nitrogen and oxygen atoms in total. The van der Waals surface area contributed by atoms with Crippen LogP contribution in [-0.4, -0.2) is 30.9 Å². The lowest BCUT2D eigenvalue weighted by Crippen LogP contribution is -2.58. The number of thiophene rings is 1. The molecule has 0 bridgehead atoms. The van der Waals surface area contributed by atoms with Crippen LogP contribution in [0.1, 0.15) is 18.9 Å². The van der Waals surface area contributed by atoms with E-state index in [2.05, 4.69) is 23.5 Å². The van der Waals surface area contributed by atoms with E-state index in [4.69, 9.17) is 21.7 Å². The van der Waals surface area contributed by atoms with E-state index in [9.17, 15) is 4.79 Å². The molecule has 0 aliphatic carbocycles. The van der Waals surface area contributed by atoms with Crippen molar-refractivity contribution >= 4 is 44.9 Å². The number of halogens is 1. The number of benzene rings is 2. The third-order valence-electron chi connectivity index (χ3n) is 5.26. The smallest absolute Gasteiger partial charge is 0.231 e. The molecule has 0 radical (unpaired) electrons. The SMILES string of the molecule is COc1ccc(Cl)c(-c2cc([C@]3(C)CC(=O)N(C)C(=N)N3)cc3ccsc23)c1. The second kappa shape index (κ2) is 6.79. The maximum Gasteiger partial charge on any atom is 0.231 e. The lowest BCUT2D eigenvalue weighted by atomic mass is 9.84. The van der Waals surface area contributed by atoms with Crippen LogP contribution in [-0.2, 0) is 10.3 Å². The van der Waals surface area contributed by atoms with Gasteiger partial charge in [0.05, 0.1) is 19.1 Å². The molecule has 28 heavy (non-hydrogen) atoms. The number of hydrogen-bond acceptors (Lipinski definition) is 4. The normalized spacial score (nSPS) is 19.8. The zero-order chi connectivity index (χ0) is 20.1. The Bertz CT molecular complexity index is 1090. The van der Waals surface area contributed by atoms with Gasteiger partial charge in [-0.15, -0.1) is 11.3 Å². The maximum absolute atomic E-state index is 12.4. The van der Waals surface area contributed by atoms with Gasteiger partial charge >= 0.3 is 0 Å². The molecule has 0 unspecified atom stereocenters. The number of hydrogen-bond donors (Lipinski definition) is 2. The molecular formula is C21H20ClN3O2S. The molecule has 0 saturated carbocycles. The summed E-state index contributed by atoms with van der Waals surface area (Å²) in [5.74, 6) is 0.748. The molecule has 1 fully saturated rings. The van der Waals surface area contributed by atoms with Crippen molar-refractivity contribution in [1.29, 1.82) is 5.41 Å². The molecule has 2 heterocycles. The molecular weight excluding hydrogens is 394 g/mol. The Labute approximate surface area is 172 Å². The average Bonchev–Trinajstić information content (AvgIpc) is 3.14. The van der Waals surface area contributed by atoms with Crippen LogP contribution in [0.2, 0.25) is 5.02 Å². The topological polar surface area (TPSA) is 65.4 Å². The van der Waals surface area contributed by atoms with Gasteiger partial charge in [0.25, 0.3) is 0 Å². The van der Waals surface area contributed by atoms with E-state index >= 15 is 0 Å². The summed E-state index contributed by atoms with van der Waals surface area (Å²) in [6.45, 7) is 1.96. The van der Waals surface area contributed by atoms with Crippen molar-refractivity contribution < 1.29 is 9.53 Å². The number of ether oxygens (including phenoxy) is 1. The van der Waals surface area contributed by atoms with Gasteiger partial charge in [-0.2, -0.15) is 0 Å². The zero-order valence-corrected chi connectivity index (χ0v) is 17.4. The molecule has 1 aromatic heterocycles. The van der Waals surface area contributed by atoms with Gasteiger partial charge in [-0.3, -0.25) is 15.1 Å². The Morgan fingerprint density at radius 1 is 1.25 bits per heavy atom. The van der Waals surface area contributed by atoms with Crippen molar-refractivity contribution in [3.05, 3.63) is 52.4 Å². The van der Waals surface area contributed by atoms with Gasteiger partial charge in [0.2, 0.25) is 5.91 Å². The summed E-state index contributed by atoms with van der Waals surface area (Å²) in [6, 6.07) is 11.8. The Balaban J connectivity index is 1.92. The molecule has 3 aromatic rings. The van der Waals surface area contributed by atoms with E-state index in [0.717, 1.165) is 32.5 Å². The highest BCUT2D eigenvalue weighted by Gasteiger charge is 2.38. The first-order chi connectivity index (χ1) is 13.3. The number of carbonyl (C=O) groups excluding carboxylic acids is 1. The van der Waals surface area contributed by atoms with Crippen LogP contribution in [0, 0.1) is 5.41 Å². The van der Waals surface area contributed by atoms with Gasteiger partial charge < -0.3 is 10.1 Å². The van der Waals surface area contributed by atoms with Crippen LogP contribution in [0.5, 0.6) is 5.75 Å². The predicted molar refractivity (Wildman–Crippen MR) is 114 cm³/mol. The summed E-state index contributed by atoms with van der Waals surface area (Å²) in [5, 5.41) is 15.1. The number of fused-ring (bicyclic) bond motifs is 1. The van der Waals surface area contributed by atoms with Gasteiger partial charge in [0.15, 0.2) is 5.96 Å². The van der Waals surface area contributed by atoms with Crippen LogP contribution < -0.4 is 10.1 Å². The minimum atomic E-state index is -0.670. The second-order valence-electron chi connectivity index (χ2n) is 7.14. The number of nitrogens with one attached hydrogen (secondary N) is 2. The number of carbonyl (C=O) groups is 1. The highest BCUT2D eigenvalue weighted by Crippen LogP contribution is 2.41. The first-order valence-electron chi connectivity index (χ1n) is 8.81. The van der Waals surface area contributed by atoms with Crippen molar-refractivity contribution in [3.63, 3.8) is 0 Å². The highest BCUT2D eigenvalue weighted by molar-refractivity contribution is 7.17. The summed E-state index contributed by atoms with van der Waals surface area (Å²) >= 11 is 8.18. The molecule has 4 rings (SSSR count). The van der Waals surface area contributed by atoms with Crippen molar-refractivity contribution in [2.45, 2.75) is 18.9 Å². The summed E-state index contributed by atoms with van der Waals surface area (Å²) in [4.78, 5) is 13.7. The van der Waals surface area contributed by atoms with Gasteiger partial charge in [-0.25, -0.2) is 0 Å². The quantitative estimate of drug-likeness (QED) is 0.646. The van der Waals surface area contributed by atoms with Crippen LogP contribution in [0.15, 0.2) is 41.8 Å². The zero-order valence-electron chi connectivity index (χ0n) is 15.8. The second-order valence-corrected chi connectivity index (χ2v) is 8.47. The van der Waals surface area contributed by atoms with E-state index in [1.165, 1.54) is 4.90 Å². The van der Waals surface area contributed by atoms with Crippen LogP contribution in [0.25, 0.3) is 21.2 Å². The van der Waals surface area contributed by atoms with Crippen molar-refractivity contribution in [2.24, 2.45) is 0 Å². The van der Waals surface area contributed by atoms with E-state index in [-0.39, 0.29) is 18.3 Å². The molecule has 1 saturated heterocycles. The van der Waals surface area contributed by atoms with Crippen LogP contribution >= 0.6 is 22.9 Å². The first kappa shape index (κ1) is 18.8. The Kier molecular flexibility index (Phi) is 4.56.